The molecule has 5 nitrogen and oxygen atoms in total. The normalized spacial score (nSPS) is 13.1. The minimum Gasteiger partial charge on any atom is -0.321 e. The third kappa shape index (κ3) is 2.42. The third-order valence-corrected chi connectivity index (χ3v) is 5.04. The van der Waals surface area contributed by atoms with Crippen LogP contribution in [0, 0.1) is 0 Å². The number of nitrogens with one attached hydrogen (secondary N) is 2. The van der Waals surface area contributed by atoms with Crippen molar-refractivity contribution in [2.75, 3.05) is 5.32 Å². The van der Waals surface area contributed by atoms with Crippen molar-refractivity contribution in [2.45, 2.75) is 19.3 Å². The summed E-state index contributed by atoms with van der Waals surface area (Å²) in [6.45, 7) is 0. The summed E-state index contributed by atoms with van der Waals surface area (Å²) in [6, 6.07) is 9.64. The first-order valence-electron chi connectivity index (χ1n) is 7.19. The predicted molar refractivity (Wildman–Crippen MR) is 86.1 cm³/mol. The van der Waals surface area contributed by atoms with Gasteiger partial charge in [0.2, 0.25) is 0 Å². The maximum Gasteiger partial charge on any atom is 0.265 e. The van der Waals surface area contributed by atoms with Crippen molar-refractivity contribution < 1.29 is 4.79 Å². The van der Waals surface area contributed by atoms with Crippen LogP contribution in [0.4, 0.5) is 5.69 Å². The number of H-pyrrole nitrogens is 1. The standard InChI is InChI=1S/C16H14N4OS/c21-16(15-8-11-4-2-6-14(11)22-15)18-12-5-1-3-10(7-12)13-9-17-20-19-13/h1,3,5,7-9H,2,4,6H2,(H,18,21)(H,17,19,20). The molecule has 1 aromatic carbocycles. The molecule has 0 unspecified atom stereocenters. The lowest BCUT2D eigenvalue weighted by Crippen LogP contribution is -2.10. The van der Waals surface area contributed by atoms with Crippen LogP contribution >= 0.6 is 11.3 Å². The lowest BCUT2D eigenvalue weighted by atomic mass is 10.1. The van der Waals surface area contributed by atoms with Crippen LogP contribution in [0.1, 0.15) is 26.5 Å². The Labute approximate surface area is 131 Å². The van der Waals surface area contributed by atoms with Crippen LogP contribution in [0.25, 0.3) is 11.3 Å². The zero-order chi connectivity index (χ0) is 14.9. The van der Waals surface area contributed by atoms with E-state index in [1.165, 1.54) is 16.9 Å². The number of aryl methyl sites for hydroxylation is 2. The van der Waals surface area contributed by atoms with Crippen LogP contribution in [-0.4, -0.2) is 21.3 Å². The van der Waals surface area contributed by atoms with Crippen molar-refractivity contribution in [1.82, 2.24) is 15.4 Å². The molecule has 0 saturated carbocycles. The number of aromatic nitrogens is 3. The second-order valence-corrected chi connectivity index (χ2v) is 6.44. The fourth-order valence-corrected chi connectivity index (χ4v) is 3.88. The van der Waals surface area contributed by atoms with E-state index in [2.05, 4.69) is 20.7 Å². The highest BCUT2D eigenvalue weighted by atomic mass is 32.1. The predicted octanol–water partition coefficient (Wildman–Crippen LogP) is 3.27. The second-order valence-electron chi connectivity index (χ2n) is 5.30. The number of hydrogen-bond acceptors (Lipinski definition) is 4. The van der Waals surface area contributed by atoms with E-state index in [-0.39, 0.29) is 5.91 Å². The molecule has 0 aliphatic heterocycles. The minimum atomic E-state index is -0.0447. The average Bonchev–Trinajstić information content (AvgIpc) is 3.24. The molecule has 0 saturated heterocycles. The number of amides is 1. The van der Waals surface area contributed by atoms with Gasteiger partial charge in [-0.3, -0.25) is 4.79 Å². The SMILES string of the molecule is O=C(Nc1cccc(-c2cn[nH]n2)c1)c1cc2c(s1)CCC2. The quantitative estimate of drug-likeness (QED) is 0.780. The molecule has 3 aromatic rings. The van der Waals surface area contributed by atoms with Crippen molar-refractivity contribution in [3.63, 3.8) is 0 Å². The summed E-state index contributed by atoms with van der Waals surface area (Å²) in [5.41, 5.74) is 3.77. The molecule has 0 spiro atoms. The fourth-order valence-electron chi connectivity index (χ4n) is 2.73. The van der Waals surface area contributed by atoms with Crippen molar-refractivity contribution in [2.24, 2.45) is 0 Å². The maximum atomic E-state index is 12.4. The fraction of sp³-hybridized carbons (Fsp3) is 0.188. The van der Waals surface area contributed by atoms with Gasteiger partial charge in [-0.1, -0.05) is 12.1 Å². The van der Waals surface area contributed by atoms with E-state index in [1.807, 2.05) is 30.3 Å². The van der Waals surface area contributed by atoms with Gasteiger partial charge in [0.15, 0.2) is 0 Å². The Bertz CT molecular complexity index is 801. The molecule has 1 amide bonds. The first kappa shape index (κ1) is 13.2. The number of nitrogens with zero attached hydrogens (tertiary/aromatic N) is 2. The second kappa shape index (κ2) is 5.38. The van der Waals surface area contributed by atoms with Gasteiger partial charge < -0.3 is 5.32 Å². The molecule has 0 bridgehead atoms. The Balaban J connectivity index is 1.55. The number of carbonyl (C=O) groups is 1. The zero-order valence-electron chi connectivity index (χ0n) is 11.8. The Hall–Kier alpha value is -2.47. The number of hydrogen-bond donors (Lipinski definition) is 2. The van der Waals surface area contributed by atoms with E-state index in [0.29, 0.717) is 0 Å². The highest BCUT2D eigenvalue weighted by Crippen LogP contribution is 2.31. The number of thiophene rings is 1. The van der Waals surface area contributed by atoms with Crippen LogP contribution in [-0.2, 0) is 12.8 Å². The largest absolute Gasteiger partial charge is 0.321 e. The molecular weight excluding hydrogens is 296 g/mol. The molecule has 0 fully saturated rings. The summed E-state index contributed by atoms with van der Waals surface area (Å²) in [5, 5.41) is 13.4. The number of rotatable bonds is 3. The van der Waals surface area contributed by atoms with E-state index in [4.69, 9.17) is 0 Å². The molecule has 4 rings (SSSR count). The van der Waals surface area contributed by atoms with Gasteiger partial charge >= 0.3 is 0 Å². The van der Waals surface area contributed by atoms with E-state index < -0.39 is 0 Å². The number of aromatic amines is 1. The first-order valence-corrected chi connectivity index (χ1v) is 8.00. The van der Waals surface area contributed by atoms with Crippen molar-refractivity contribution >= 4 is 22.9 Å². The van der Waals surface area contributed by atoms with E-state index in [0.717, 1.165) is 34.7 Å². The van der Waals surface area contributed by atoms with E-state index in [1.54, 1.807) is 17.5 Å². The zero-order valence-corrected chi connectivity index (χ0v) is 12.6. The monoisotopic (exact) mass is 310 g/mol. The van der Waals surface area contributed by atoms with Crippen molar-refractivity contribution in [3.05, 3.63) is 51.8 Å². The van der Waals surface area contributed by atoms with E-state index >= 15 is 0 Å². The Morgan fingerprint density at radius 1 is 1.27 bits per heavy atom. The summed E-state index contributed by atoms with van der Waals surface area (Å²) < 4.78 is 0. The average molecular weight is 310 g/mol. The molecule has 110 valence electrons. The molecule has 1 aliphatic carbocycles. The number of benzene rings is 1. The van der Waals surface area contributed by atoms with Gasteiger partial charge in [0.1, 0.15) is 5.69 Å². The molecule has 2 aromatic heterocycles. The van der Waals surface area contributed by atoms with Gasteiger partial charge in [-0.25, -0.2) is 0 Å². The van der Waals surface area contributed by atoms with Crippen LogP contribution in [0.5, 0.6) is 0 Å². The Kier molecular flexibility index (Phi) is 3.23. The van der Waals surface area contributed by atoms with Gasteiger partial charge in [-0.2, -0.15) is 15.4 Å². The van der Waals surface area contributed by atoms with Gasteiger partial charge in [-0.05, 0) is 43.0 Å². The van der Waals surface area contributed by atoms with Crippen LogP contribution in [0.15, 0.2) is 36.5 Å². The highest BCUT2D eigenvalue weighted by molar-refractivity contribution is 7.14. The molecule has 1 aliphatic rings. The van der Waals surface area contributed by atoms with Crippen LogP contribution in [0.2, 0.25) is 0 Å². The van der Waals surface area contributed by atoms with Gasteiger partial charge in [0.05, 0.1) is 11.1 Å². The molecule has 2 heterocycles. The summed E-state index contributed by atoms with van der Waals surface area (Å²) in [4.78, 5) is 14.5. The molecule has 2 N–H and O–H groups in total. The summed E-state index contributed by atoms with van der Waals surface area (Å²) in [6.07, 6.45) is 5.07. The summed E-state index contributed by atoms with van der Waals surface area (Å²) in [5.74, 6) is -0.0447. The van der Waals surface area contributed by atoms with Crippen molar-refractivity contribution in [3.8, 4) is 11.3 Å². The Morgan fingerprint density at radius 2 is 2.23 bits per heavy atom. The first-order chi connectivity index (χ1) is 10.8. The number of anilines is 1. The highest BCUT2D eigenvalue weighted by Gasteiger charge is 2.18. The molecule has 0 radical (unpaired) electrons. The van der Waals surface area contributed by atoms with Crippen molar-refractivity contribution in [1.29, 1.82) is 0 Å². The molecule has 22 heavy (non-hydrogen) atoms. The van der Waals surface area contributed by atoms with Crippen LogP contribution < -0.4 is 5.32 Å². The van der Waals surface area contributed by atoms with Gasteiger partial charge in [0.25, 0.3) is 5.91 Å². The third-order valence-electron chi connectivity index (χ3n) is 3.80. The van der Waals surface area contributed by atoms with E-state index in [9.17, 15) is 4.79 Å². The molecule has 0 atom stereocenters. The minimum absolute atomic E-state index is 0.0447. The van der Waals surface area contributed by atoms with Crippen LogP contribution in [0.3, 0.4) is 0 Å². The Morgan fingerprint density at radius 3 is 3.05 bits per heavy atom. The number of fused-ring (bicyclic) bond motifs is 1. The number of carbonyl (C=O) groups excluding carboxylic acids is 1. The molecular formula is C16H14N4OS. The van der Waals surface area contributed by atoms with Gasteiger partial charge in [0, 0.05) is 16.1 Å². The summed E-state index contributed by atoms with van der Waals surface area (Å²) >= 11 is 1.61. The lowest BCUT2D eigenvalue weighted by molar-refractivity contribution is 0.103. The smallest absolute Gasteiger partial charge is 0.265 e. The summed E-state index contributed by atoms with van der Waals surface area (Å²) in [7, 11) is 0. The molecule has 6 heteroatoms. The van der Waals surface area contributed by atoms with Gasteiger partial charge in [-0.15, -0.1) is 11.3 Å². The maximum absolute atomic E-state index is 12.4. The lowest BCUT2D eigenvalue weighted by Gasteiger charge is -2.05. The topological polar surface area (TPSA) is 70.7 Å².